The van der Waals surface area contributed by atoms with Gasteiger partial charge in [-0.25, -0.2) is 14.8 Å². The molecule has 9 nitrogen and oxygen atoms in total. The van der Waals surface area contributed by atoms with Crippen LogP contribution in [0.2, 0.25) is 10.0 Å². The highest BCUT2D eigenvalue weighted by Gasteiger charge is 2.31. The quantitative estimate of drug-likeness (QED) is 0.268. The normalized spacial score (nSPS) is 15.7. The van der Waals surface area contributed by atoms with Crippen molar-refractivity contribution in [2.24, 2.45) is 5.92 Å². The number of amides is 1. The van der Waals surface area contributed by atoms with Gasteiger partial charge in [-0.15, -0.1) is 0 Å². The van der Waals surface area contributed by atoms with E-state index in [0.717, 1.165) is 0 Å². The van der Waals surface area contributed by atoms with E-state index in [1.807, 2.05) is 27.0 Å². The summed E-state index contributed by atoms with van der Waals surface area (Å²) in [6.07, 6.45) is 3.90. The van der Waals surface area contributed by atoms with Gasteiger partial charge < -0.3 is 19.1 Å². The van der Waals surface area contributed by atoms with Gasteiger partial charge in [0.25, 0.3) is 5.56 Å². The summed E-state index contributed by atoms with van der Waals surface area (Å²) in [6, 6.07) is 3.26. The van der Waals surface area contributed by atoms with Gasteiger partial charge in [0.05, 0.1) is 29.8 Å². The molecular weight excluding hydrogens is 551 g/mol. The van der Waals surface area contributed by atoms with Crippen LogP contribution in [0.5, 0.6) is 11.5 Å². The Balaban J connectivity index is 1.82. The Morgan fingerprint density at radius 3 is 2.39 bits per heavy atom. The van der Waals surface area contributed by atoms with Crippen molar-refractivity contribution in [1.82, 2.24) is 19.4 Å². The summed E-state index contributed by atoms with van der Waals surface area (Å²) in [5, 5.41) is 1.58. The number of nitrogens with zero attached hydrogens (tertiary/aromatic N) is 4. The summed E-state index contributed by atoms with van der Waals surface area (Å²) in [5.74, 6) is 0.663. The maximum absolute atomic E-state index is 14.1. The molecule has 1 unspecified atom stereocenters. The van der Waals surface area contributed by atoms with Crippen molar-refractivity contribution in [1.29, 1.82) is 0 Å². The van der Waals surface area contributed by atoms with Gasteiger partial charge in [0.1, 0.15) is 22.7 Å². The molecule has 1 aromatic carbocycles. The average Bonchev–Trinajstić information content (AvgIpc) is 3.34. The molecule has 1 aliphatic heterocycles. The van der Waals surface area contributed by atoms with Crippen LogP contribution in [0.1, 0.15) is 27.2 Å². The molecule has 38 heavy (non-hydrogen) atoms. The van der Waals surface area contributed by atoms with Crippen LogP contribution in [0.3, 0.4) is 0 Å². The highest BCUT2D eigenvalue weighted by molar-refractivity contribution is 7.98. The summed E-state index contributed by atoms with van der Waals surface area (Å²) in [6.45, 7) is 6.85. The van der Waals surface area contributed by atoms with E-state index in [2.05, 4.69) is 9.97 Å². The molecule has 1 saturated heterocycles. The van der Waals surface area contributed by atoms with Crippen LogP contribution < -0.4 is 15.0 Å². The van der Waals surface area contributed by atoms with Crippen LogP contribution in [0.4, 0.5) is 4.79 Å². The lowest BCUT2D eigenvalue weighted by molar-refractivity contribution is 0.0287. The van der Waals surface area contributed by atoms with E-state index in [1.165, 1.54) is 26.0 Å². The first-order chi connectivity index (χ1) is 18.0. The molecule has 0 aliphatic carbocycles. The zero-order valence-corrected chi connectivity index (χ0v) is 24.5. The first-order valence-electron chi connectivity index (χ1n) is 12.0. The summed E-state index contributed by atoms with van der Waals surface area (Å²) >= 11 is 14.7. The lowest BCUT2D eigenvalue weighted by atomic mass is 10.0. The third-order valence-electron chi connectivity index (χ3n) is 6.21. The minimum Gasteiger partial charge on any atom is -0.495 e. The SMILES string of the molecule is COc1cc(OC)c(Cl)c(-c2cc3cnc(SC)nc3n(CC3CCN(C(=O)OC(C)(C)C)C3)c2=O)c1Cl. The monoisotopic (exact) mass is 580 g/mol. The number of likely N-dealkylation sites (tertiary alicyclic amines) is 1. The Kier molecular flexibility index (Phi) is 8.34. The van der Waals surface area contributed by atoms with Crippen LogP contribution in [0, 0.1) is 5.92 Å². The highest BCUT2D eigenvalue weighted by atomic mass is 35.5. The number of rotatable bonds is 6. The molecule has 0 saturated carbocycles. The number of aromatic nitrogens is 3. The second-order valence-electron chi connectivity index (χ2n) is 9.97. The van der Waals surface area contributed by atoms with Gasteiger partial charge in [0.2, 0.25) is 0 Å². The largest absolute Gasteiger partial charge is 0.495 e. The zero-order chi connectivity index (χ0) is 27.8. The third kappa shape index (κ3) is 5.67. The van der Waals surface area contributed by atoms with E-state index in [4.69, 9.17) is 37.4 Å². The number of methoxy groups -OCH3 is 2. The molecule has 1 atom stereocenters. The molecule has 1 fully saturated rings. The van der Waals surface area contributed by atoms with E-state index < -0.39 is 5.60 Å². The molecule has 204 valence electrons. The third-order valence-corrected chi connectivity index (χ3v) is 7.52. The number of carbonyl (C=O) groups excluding carboxylic acids is 1. The summed E-state index contributed by atoms with van der Waals surface area (Å²) in [5.41, 5.74) is 0.167. The van der Waals surface area contributed by atoms with E-state index >= 15 is 0 Å². The maximum atomic E-state index is 14.1. The first kappa shape index (κ1) is 28.3. The lowest BCUT2D eigenvalue weighted by Gasteiger charge is -2.24. The molecule has 2 aromatic heterocycles. The number of ether oxygens (including phenoxy) is 3. The fraction of sp³-hybridized carbons (Fsp3) is 0.462. The molecule has 1 amide bonds. The van der Waals surface area contributed by atoms with Crippen molar-refractivity contribution < 1.29 is 19.0 Å². The molecular formula is C26H30Cl2N4O5S. The smallest absolute Gasteiger partial charge is 0.410 e. The number of pyridine rings is 1. The van der Waals surface area contributed by atoms with Gasteiger partial charge >= 0.3 is 6.09 Å². The van der Waals surface area contributed by atoms with Crippen molar-refractivity contribution in [3.8, 4) is 22.6 Å². The summed E-state index contributed by atoms with van der Waals surface area (Å²) < 4.78 is 18.0. The number of hydrogen-bond acceptors (Lipinski definition) is 8. The Hall–Kier alpha value is -2.69. The van der Waals surface area contributed by atoms with Gasteiger partial charge in [0.15, 0.2) is 5.16 Å². The van der Waals surface area contributed by atoms with Crippen molar-refractivity contribution in [3.63, 3.8) is 0 Å². The number of thioether (sulfide) groups is 1. The van der Waals surface area contributed by atoms with Gasteiger partial charge in [0, 0.05) is 42.8 Å². The van der Waals surface area contributed by atoms with E-state index in [0.29, 0.717) is 59.3 Å². The fourth-order valence-corrected chi connectivity index (χ4v) is 5.48. The molecule has 12 heteroatoms. The number of benzene rings is 1. The fourth-order valence-electron chi connectivity index (χ4n) is 4.44. The van der Waals surface area contributed by atoms with Crippen LogP contribution in [-0.2, 0) is 11.3 Å². The minimum absolute atomic E-state index is 0.0113. The van der Waals surface area contributed by atoms with Crippen LogP contribution >= 0.6 is 35.0 Å². The van der Waals surface area contributed by atoms with Crippen molar-refractivity contribution in [2.45, 2.75) is 44.5 Å². The number of fused-ring (bicyclic) bond motifs is 1. The molecule has 0 N–H and O–H groups in total. The van der Waals surface area contributed by atoms with E-state index in [1.54, 1.807) is 27.8 Å². The van der Waals surface area contributed by atoms with Gasteiger partial charge in [-0.2, -0.15) is 0 Å². The Morgan fingerprint density at radius 2 is 1.82 bits per heavy atom. The van der Waals surface area contributed by atoms with Crippen LogP contribution in [0.25, 0.3) is 22.2 Å². The van der Waals surface area contributed by atoms with E-state index in [9.17, 15) is 9.59 Å². The zero-order valence-electron chi connectivity index (χ0n) is 22.1. The molecule has 4 rings (SSSR count). The van der Waals surface area contributed by atoms with Crippen LogP contribution in [-0.4, -0.2) is 64.7 Å². The van der Waals surface area contributed by atoms with Crippen LogP contribution in [0.15, 0.2) is 28.3 Å². The Morgan fingerprint density at radius 1 is 1.16 bits per heavy atom. The predicted molar refractivity (Wildman–Crippen MR) is 150 cm³/mol. The van der Waals surface area contributed by atoms with Gasteiger partial charge in [-0.3, -0.25) is 9.36 Å². The number of carbonyl (C=O) groups is 1. The summed E-state index contributed by atoms with van der Waals surface area (Å²) in [7, 11) is 2.95. The highest BCUT2D eigenvalue weighted by Crippen LogP contribution is 2.45. The van der Waals surface area contributed by atoms with Gasteiger partial charge in [-0.1, -0.05) is 35.0 Å². The van der Waals surface area contributed by atoms with Crippen molar-refractivity contribution >= 4 is 52.1 Å². The molecule has 0 radical (unpaired) electrons. The molecule has 0 spiro atoms. The molecule has 0 bridgehead atoms. The Bertz CT molecular complexity index is 1410. The summed E-state index contributed by atoms with van der Waals surface area (Å²) in [4.78, 5) is 37.4. The lowest BCUT2D eigenvalue weighted by Crippen LogP contribution is -2.36. The maximum Gasteiger partial charge on any atom is 0.410 e. The van der Waals surface area contributed by atoms with Gasteiger partial charge in [-0.05, 0) is 45.4 Å². The minimum atomic E-state index is -0.585. The number of halogens is 2. The Labute approximate surface area is 235 Å². The number of hydrogen-bond donors (Lipinski definition) is 0. The predicted octanol–water partition coefficient (Wildman–Crippen LogP) is 5.76. The van der Waals surface area contributed by atoms with Crippen molar-refractivity contribution in [3.05, 3.63) is 38.7 Å². The topological polar surface area (TPSA) is 95.8 Å². The van der Waals surface area contributed by atoms with Crippen molar-refractivity contribution in [2.75, 3.05) is 33.6 Å². The molecule has 3 aromatic rings. The van der Waals surface area contributed by atoms with E-state index in [-0.39, 0.29) is 33.2 Å². The molecule has 3 heterocycles. The average molecular weight is 582 g/mol. The standard InChI is InChI=1S/C26H30Cl2N4O5S/c1-26(2,3)37-25(34)31-8-7-14(12-31)13-32-22-15(11-29-24(30-22)38-6)9-16(23(32)33)19-20(27)17(35-4)10-18(36-5)21(19)28/h9-11,14H,7-8,12-13H2,1-6H3. The molecule has 1 aliphatic rings. The first-order valence-corrected chi connectivity index (χ1v) is 14.0. The second kappa shape index (κ2) is 11.2. The second-order valence-corrected chi connectivity index (χ2v) is 11.5.